The molecule has 0 saturated carbocycles. The maximum Gasteiger partial charge on any atom is -0.00462 e. The SMILES string of the molecule is NC=CCC1CCNCC1. The molecule has 0 radical (unpaired) electrons. The molecule has 0 aromatic carbocycles. The van der Waals surface area contributed by atoms with Gasteiger partial charge in [0, 0.05) is 0 Å². The standard InChI is InChI=1S/C8H16N2/c9-5-1-2-8-3-6-10-7-4-8/h1,5,8,10H,2-4,6-7,9H2. The highest BCUT2D eigenvalue weighted by molar-refractivity contribution is 4.81. The molecule has 2 heteroatoms. The zero-order chi connectivity index (χ0) is 7.23. The Morgan fingerprint density at radius 3 is 2.70 bits per heavy atom. The van der Waals surface area contributed by atoms with Crippen LogP contribution in [0.15, 0.2) is 12.3 Å². The summed E-state index contributed by atoms with van der Waals surface area (Å²) >= 11 is 0. The van der Waals surface area contributed by atoms with Crippen LogP contribution in [0.2, 0.25) is 0 Å². The second kappa shape index (κ2) is 4.34. The number of nitrogens with two attached hydrogens (primary N) is 1. The largest absolute Gasteiger partial charge is 0.405 e. The second-order valence-electron chi connectivity index (χ2n) is 2.86. The Balaban J connectivity index is 2.13. The molecule has 0 bridgehead atoms. The van der Waals surface area contributed by atoms with E-state index in [1.165, 1.54) is 25.9 Å². The van der Waals surface area contributed by atoms with Crippen LogP contribution < -0.4 is 11.1 Å². The number of allylic oxidation sites excluding steroid dienone is 1. The maximum absolute atomic E-state index is 5.25. The molecule has 0 atom stereocenters. The van der Waals surface area contributed by atoms with Crippen LogP contribution in [0.3, 0.4) is 0 Å². The Morgan fingerprint density at radius 2 is 2.10 bits per heavy atom. The van der Waals surface area contributed by atoms with Crippen molar-refractivity contribution in [2.75, 3.05) is 13.1 Å². The van der Waals surface area contributed by atoms with Crippen molar-refractivity contribution in [3.63, 3.8) is 0 Å². The van der Waals surface area contributed by atoms with E-state index in [-0.39, 0.29) is 0 Å². The van der Waals surface area contributed by atoms with Gasteiger partial charge in [-0.05, 0) is 44.5 Å². The average Bonchev–Trinajstić information content (AvgIpc) is 2.03. The normalized spacial score (nSPS) is 22.0. The van der Waals surface area contributed by atoms with E-state index in [0.717, 1.165) is 12.3 Å². The zero-order valence-corrected chi connectivity index (χ0v) is 6.34. The molecular weight excluding hydrogens is 124 g/mol. The van der Waals surface area contributed by atoms with Crippen LogP contribution in [-0.2, 0) is 0 Å². The number of rotatable bonds is 2. The van der Waals surface area contributed by atoms with Crippen molar-refractivity contribution in [3.05, 3.63) is 12.3 Å². The monoisotopic (exact) mass is 140 g/mol. The third-order valence-corrected chi connectivity index (χ3v) is 2.06. The van der Waals surface area contributed by atoms with Gasteiger partial charge in [-0.3, -0.25) is 0 Å². The molecular formula is C8H16N2. The van der Waals surface area contributed by atoms with Crippen LogP contribution >= 0.6 is 0 Å². The molecule has 58 valence electrons. The first-order chi connectivity index (χ1) is 4.93. The summed E-state index contributed by atoms with van der Waals surface area (Å²) in [5.41, 5.74) is 5.25. The summed E-state index contributed by atoms with van der Waals surface area (Å²) in [4.78, 5) is 0. The minimum atomic E-state index is 0.876. The van der Waals surface area contributed by atoms with Gasteiger partial charge in [0.1, 0.15) is 0 Å². The fourth-order valence-corrected chi connectivity index (χ4v) is 1.39. The van der Waals surface area contributed by atoms with Gasteiger partial charge >= 0.3 is 0 Å². The predicted octanol–water partition coefficient (Wildman–Crippen LogP) is 0.848. The summed E-state index contributed by atoms with van der Waals surface area (Å²) in [5, 5.41) is 3.34. The van der Waals surface area contributed by atoms with E-state index >= 15 is 0 Å². The van der Waals surface area contributed by atoms with Gasteiger partial charge in [0.05, 0.1) is 0 Å². The molecule has 10 heavy (non-hydrogen) atoms. The highest BCUT2D eigenvalue weighted by atomic mass is 14.9. The van der Waals surface area contributed by atoms with Gasteiger partial charge in [0.2, 0.25) is 0 Å². The molecule has 1 heterocycles. The molecule has 1 aliphatic heterocycles. The lowest BCUT2D eigenvalue weighted by Gasteiger charge is -2.20. The molecule has 0 unspecified atom stereocenters. The van der Waals surface area contributed by atoms with Crippen LogP contribution in [0.4, 0.5) is 0 Å². The zero-order valence-electron chi connectivity index (χ0n) is 6.34. The van der Waals surface area contributed by atoms with Gasteiger partial charge in [-0.1, -0.05) is 6.08 Å². The molecule has 1 aliphatic rings. The predicted molar refractivity (Wildman–Crippen MR) is 43.5 cm³/mol. The summed E-state index contributed by atoms with van der Waals surface area (Å²) in [5.74, 6) is 0.876. The van der Waals surface area contributed by atoms with Crippen molar-refractivity contribution < 1.29 is 0 Å². The number of hydrogen-bond donors (Lipinski definition) is 2. The van der Waals surface area contributed by atoms with Crippen LogP contribution in [0.25, 0.3) is 0 Å². The number of hydrogen-bond acceptors (Lipinski definition) is 2. The summed E-state index contributed by atoms with van der Waals surface area (Å²) in [7, 11) is 0. The van der Waals surface area contributed by atoms with Crippen LogP contribution in [0.5, 0.6) is 0 Å². The van der Waals surface area contributed by atoms with Gasteiger partial charge in [-0.15, -0.1) is 0 Å². The van der Waals surface area contributed by atoms with Gasteiger partial charge < -0.3 is 11.1 Å². The minimum Gasteiger partial charge on any atom is -0.405 e. The van der Waals surface area contributed by atoms with Crippen molar-refractivity contribution in [1.29, 1.82) is 0 Å². The molecule has 0 amide bonds. The Hall–Kier alpha value is -0.500. The first-order valence-corrected chi connectivity index (χ1v) is 4.01. The lowest BCUT2D eigenvalue weighted by atomic mass is 9.95. The molecule has 0 spiro atoms. The highest BCUT2D eigenvalue weighted by Crippen LogP contribution is 2.15. The van der Waals surface area contributed by atoms with E-state index in [9.17, 15) is 0 Å². The molecule has 1 saturated heterocycles. The Kier molecular flexibility index (Phi) is 3.30. The Labute approximate surface area is 62.5 Å². The summed E-state index contributed by atoms with van der Waals surface area (Å²) in [6.45, 7) is 2.37. The molecule has 3 N–H and O–H groups in total. The van der Waals surface area contributed by atoms with Crippen molar-refractivity contribution in [3.8, 4) is 0 Å². The van der Waals surface area contributed by atoms with E-state index < -0.39 is 0 Å². The number of nitrogens with one attached hydrogen (secondary N) is 1. The highest BCUT2D eigenvalue weighted by Gasteiger charge is 2.10. The van der Waals surface area contributed by atoms with E-state index in [4.69, 9.17) is 5.73 Å². The van der Waals surface area contributed by atoms with Crippen molar-refractivity contribution >= 4 is 0 Å². The van der Waals surface area contributed by atoms with Gasteiger partial charge in [0.15, 0.2) is 0 Å². The Bertz CT molecular complexity index is 104. The van der Waals surface area contributed by atoms with Gasteiger partial charge in [-0.25, -0.2) is 0 Å². The average molecular weight is 140 g/mol. The van der Waals surface area contributed by atoms with Crippen LogP contribution in [-0.4, -0.2) is 13.1 Å². The van der Waals surface area contributed by atoms with Crippen molar-refractivity contribution in [1.82, 2.24) is 5.32 Å². The van der Waals surface area contributed by atoms with E-state index in [1.807, 2.05) is 0 Å². The summed E-state index contributed by atoms with van der Waals surface area (Å²) < 4.78 is 0. The fraction of sp³-hybridized carbons (Fsp3) is 0.750. The van der Waals surface area contributed by atoms with Crippen LogP contribution in [0.1, 0.15) is 19.3 Å². The first-order valence-electron chi connectivity index (χ1n) is 4.01. The van der Waals surface area contributed by atoms with E-state index in [1.54, 1.807) is 6.20 Å². The summed E-state index contributed by atoms with van der Waals surface area (Å²) in [6, 6.07) is 0. The van der Waals surface area contributed by atoms with E-state index in [0.29, 0.717) is 0 Å². The van der Waals surface area contributed by atoms with Crippen molar-refractivity contribution in [2.45, 2.75) is 19.3 Å². The smallest absolute Gasteiger partial charge is 0.00462 e. The molecule has 2 nitrogen and oxygen atoms in total. The molecule has 1 fully saturated rings. The lowest BCUT2D eigenvalue weighted by molar-refractivity contribution is 0.377. The molecule has 0 aliphatic carbocycles. The van der Waals surface area contributed by atoms with Crippen molar-refractivity contribution in [2.24, 2.45) is 11.7 Å². The first kappa shape index (κ1) is 7.61. The molecule has 0 aromatic rings. The third kappa shape index (κ3) is 2.40. The quantitative estimate of drug-likeness (QED) is 0.596. The topological polar surface area (TPSA) is 38.0 Å². The molecule has 1 rings (SSSR count). The minimum absolute atomic E-state index is 0.876. The van der Waals surface area contributed by atoms with Crippen LogP contribution in [0, 0.1) is 5.92 Å². The lowest BCUT2D eigenvalue weighted by Crippen LogP contribution is -2.27. The van der Waals surface area contributed by atoms with Gasteiger partial charge in [-0.2, -0.15) is 0 Å². The van der Waals surface area contributed by atoms with Gasteiger partial charge in [0.25, 0.3) is 0 Å². The summed E-state index contributed by atoms with van der Waals surface area (Å²) in [6.07, 6.45) is 7.50. The molecule has 0 aromatic heterocycles. The fourth-order valence-electron chi connectivity index (χ4n) is 1.39. The number of piperidine rings is 1. The third-order valence-electron chi connectivity index (χ3n) is 2.06. The maximum atomic E-state index is 5.25. The Morgan fingerprint density at radius 1 is 1.40 bits per heavy atom. The second-order valence-corrected chi connectivity index (χ2v) is 2.86. The van der Waals surface area contributed by atoms with E-state index in [2.05, 4.69) is 11.4 Å².